The van der Waals surface area contributed by atoms with Gasteiger partial charge in [-0.1, -0.05) is 23.4 Å². The van der Waals surface area contributed by atoms with Crippen molar-refractivity contribution in [1.29, 1.82) is 0 Å². The molecular weight excluding hydrogens is 290 g/mol. The van der Waals surface area contributed by atoms with Gasteiger partial charge in [0.2, 0.25) is 0 Å². The van der Waals surface area contributed by atoms with Crippen molar-refractivity contribution in [1.82, 2.24) is 4.90 Å². The van der Waals surface area contributed by atoms with Crippen LogP contribution in [0.4, 0.5) is 0 Å². The largest absolute Gasteiger partial charge is 0.395 e. The van der Waals surface area contributed by atoms with Crippen molar-refractivity contribution in [2.75, 3.05) is 26.9 Å². The molecule has 0 radical (unpaired) electrons. The van der Waals surface area contributed by atoms with E-state index in [2.05, 4.69) is 11.8 Å². The average Bonchev–Trinajstić information content (AvgIpc) is 3.02. The number of benzene rings is 1. The maximum Gasteiger partial charge on any atom is 0.253 e. The Morgan fingerprint density at radius 3 is 3.00 bits per heavy atom. The first-order valence-corrected chi connectivity index (χ1v) is 7.25. The van der Waals surface area contributed by atoms with Gasteiger partial charge in [-0.05, 0) is 24.6 Å². The van der Waals surface area contributed by atoms with Crippen LogP contribution in [0.25, 0.3) is 0 Å². The van der Waals surface area contributed by atoms with Crippen LogP contribution in [-0.4, -0.2) is 48.8 Å². The summed E-state index contributed by atoms with van der Waals surface area (Å²) in [6.45, 7) is 1.30. The normalized spacial score (nSPS) is 17.2. The van der Waals surface area contributed by atoms with Crippen LogP contribution < -0.4 is 0 Å². The second-order valence-electron chi connectivity index (χ2n) is 4.90. The van der Waals surface area contributed by atoms with Gasteiger partial charge < -0.3 is 14.7 Å². The molecule has 1 saturated heterocycles. The molecule has 0 aromatic heterocycles. The van der Waals surface area contributed by atoms with Crippen molar-refractivity contribution in [2.24, 2.45) is 0 Å². The lowest BCUT2D eigenvalue weighted by Gasteiger charge is -2.23. The minimum Gasteiger partial charge on any atom is -0.395 e. The number of nitrogens with zero attached hydrogens (tertiary/aromatic N) is 1. The summed E-state index contributed by atoms with van der Waals surface area (Å²) in [7, 11) is 1.78. The summed E-state index contributed by atoms with van der Waals surface area (Å²) in [4.78, 5) is 14.1. The molecule has 21 heavy (non-hydrogen) atoms. The molecular formula is C16H18ClNO3. The van der Waals surface area contributed by atoms with Crippen LogP contribution >= 0.6 is 11.6 Å². The maximum atomic E-state index is 12.4. The van der Waals surface area contributed by atoms with Gasteiger partial charge in [0.05, 0.1) is 24.3 Å². The van der Waals surface area contributed by atoms with E-state index in [1.165, 1.54) is 0 Å². The van der Waals surface area contributed by atoms with Gasteiger partial charge in [0.25, 0.3) is 5.91 Å². The van der Waals surface area contributed by atoms with E-state index in [4.69, 9.17) is 21.4 Å². The minimum absolute atomic E-state index is 0.0233. The summed E-state index contributed by atoms with van der Waals surface area (Å²) in [6, 6.07) is 5.22. The summed E-state index contributed by atoms with van der Waals surface area (Å²) in [6.07, 6.45) is 1.27. The molecule has 1 atom stereocenters. The monoisotopic (exact) mass is 307 g/mol. The zero-order valence-electron chi connectivity index (χ0n) is 11.9. The highest BCUT2D eigenvalue weighted by Crippen LogP contribution is 2.20. The number of amides is 1. The second kappa shape index (κ2) is 7.46. The molecule has 1 unspecified atom stereocenters. The molecule has 5 heteroatoms. The Bertz CT molecular complexity index is 571. The van der Waals surface area contributed by atoms with E-state index in [1.54, 1.807) is 30.1 Å². The smallest absolute Gasteiger partial charge is 0.253 e. The molecule has 1 aromatic carbocycles. The number of carbonyl (C=O) groups excluding carboxylic acids is 1. The fraction of sp³-hybridized carbons (Fsp3) is 0.438. The Balaban J connectivity index is 2.12. The summed E-state index contributed by atoms with van der Waals surface area (Å²) in [5.74, 6) is 5.62. The number of hydrogen-bond donors (Lipinski definition) is 1. The Labute approximate surface area is 129 Å². The Morgan fingerprint density at radius 2 is 2.38 bits per heavy atom. The topological polar surface area (TPSA) is 49.8 Å². The van der Waals surface area contributed by atoms with Crippen molar-refractivity contribution in [3.63, 3.8) is 0 Å². The number of aliphatic hydroxyl groups is 1. The fourth-order valence-corrected chi connectivity index (χ4v) is 2.39. The lowest BCUT2D eigenvalue weighted by atomic mass is 10.1. The molecule has 0 saturated carbocycles. The second-order valence-corrected chi connectivity index (χ2v) is 5.31. The van der Waals surface area contributed by atoms with Gasteiger partial charge in [-0.15, -0.1) is 0 Å². The Kier molecular flexibility index (Phi) is 5.63. The highest BCUT2D eigenvalue weighted by molar-refractivity contribution is 6.32. The molecule has 0 spiro atoms. The minimum atomic E-state index is -0.0673. The van der Waals surface area contributed by atoms with Crippen LogP contribution in [-0.2, 0) is 4.74 Å². The van der Waals surface area contributed by atoms with E-state index in [-0.39, 0.29) is 18.6 Å². The predicted octanol–water partition coefficient (Wildman–Crippen LogP) is 1.93. The molecule has 1 aliphatic heterocycles. The van der Waals surface area contributed by atoms with Crippen LogP contribution in [0.5, 0.6) is 0 Å². The van der Waals surface area contributed by atoms with Crippen LogP contribution in [0.15, 0.2) is 18.2 Å². The number of rotatable bonds is 3. The zero-order valence-corrected chi connectivity index (χ0v) is 12.7. The number of aliphatic hydroxyl groups excluding tert-OH is 1. The number of likely N-dealkylation sites (N-methyl/N-ethyl adjacent to an activating group) is 1. The SMILES string of the molecule is CN(C(=O)c1ccc(C#CCCO)c(Cl)c1)C1CCOC1. The van der Waals surface area contributed by atoms with Crippen molar-refractivity contribution in [2.45, 2.75) is 18.9 Å². The molecule has 1 N–H and O–H groups in total. The summed E-state index contributed by atoms with van der Waals surface area (Å²) < 4.78 is 5.30. The predicted molar refractivity (Wildman–Crippen MR) is 81.4 cm³/mol. The van der Waals surface area contributed by atoms with E-state index in [0.717, 1.165) is 6.42 Å². The quantitative estimate of drug-likeness (QED) is 0.868. The highest BCUT2D eigenvalue weighted by Gasteiger charge is 2.25. The van der Waals surface area contributed by atoms with Gasteiger partial charge in [0.1, 0.15) is 0 Å². The third-order valence-corrected chi connectivity index (χ3v) is 3.76. The number of hydrogen-bond acceptors (Lipinski definition) is 3. The van der Waals surface area contributed by atoms with E-state index in [0.29, 0.717) is 35.8 Å². The van der Waals surface area contributed by atoms with Gasteiger partial charge >= 0.3 is 0 Å². The molecule has 2 rings (SSSR count). The van der Waals surface area contributed by atoms with Crippen molar-refractivity contribution >= 4 is 17.5 Å². The Hall–Kier alpha value is -1.54. The van der Waals surface area contributed by atoms with E-state index in [1.807, 2.05) is 0 Å². The number of carbonyl (C=O) groups is 1. The number of halogens is 1. The molecule has 1 aromatic rings. The van der Waals surface area contributed by atoms with Gasteiger partial charge in [-0.3, -0.25) is 4.79 Å². The molecule has 4 nitrogen and oxygen atoms in total. The lowest BCUT2D eigenvalue weighted by molar-refractivity contribution is 0.0711. The fourth-order valence-electron chi connectivity index (χ4n) is 2.16. The van der Waals surface area contributed by atoms with Crippen molar-refractivity contribution in [3.8, 4) is 11.8 Å². The molecule has 1 heterocycles. The number of ether oxygens (including phenoxy) is 1. The standard InChI is InChI=1S/C16H18ClNO3/c1-18(14-7-9-21-11-14)16(20)13-6-5-12(15(17)10-13)4-2-3-8-19/h5-6,10,14,19H,3,7-9,11H2,1H3. The summed E-state index contributed by atoms with van der Waals surface area (Å²) in [5.41, 5.74) is 1.20. The Morgan fingerprint density at radius 1 is 1.57 bits per heavy atom. The van der Waals surface area contributed by atoms with Gasteiger partial charge in [0.15, 0.2) is 0 Å². The van der Waals surface area contributed by atoms with E-state index < -0.39 is 0 Å². The lowest BCUT2D eigenvalue weighted by Crippen LogP contribution is -2.37. The third-order valence-electron chi connectivity index (χ3n) is 3.45. The highest BCUT2D eigenvalue weighted by atomic mass is 35.5. The summed E-state index contributed by atoms with van der Waals surface area (Å²) in [5, 5.41) is 9.15. The van der Waals surface area contributed by atoms with Crippen LogP contribution in [0.1, 0.15) is 28.8 Å². The first-order valence-electron chi connectivity index (χ1n) is 6.87. The zero-order chi connectivity index (χ0) is 15.2. The van der Waals surface area contributed by atoms with Crippen LogP contribution in [0.2, 0.25) is 5.02 Å². The first-order chi connectivity index (χ1) is 10.1. The molecule has 1 fully saturated rings. The van der Waals surface area contributed by atoms with Crippen molar-refractivity contribution < 1.29 is 14.6 Å². The molecule has 0 bridgehead atoms. The van der Waals surface area contributed by atoms with Crippen LogP contribution in [0, 0.1) is 11.8 Å². The van der Waals surface area contributed by atoms with Crippen LogP contribution in [0.3, 0.4) is 0 Å². The van der Waals surface area contributed by atoms with E-state index in [9.17, 15) is 4.79 Å². The van der Waals surface area contributed by atoms with Gasteiger partial charge in [0, 0.05) is 31.2 Å². The molecule has 112 valence electrons. The average molecular weight is 308 g/mol. The van der Waals surface area contributed by atoms with Crippen molar-refractivity contribution in [3.05, 3.63) is 34.3 Å². The maximum absolute atomic E-state index is 12.4. The summed E-state index contributed by atoms with van der Waals surface area (Å²) >= 11 is 6.16. The third kappa shape index (κ3) is 3.98. The van der Waals surface area contributed by atoms with Gasteiger partial charge in [-0.2, -0.15) is 0 Å². The molecule has 1 aliphatic rings. The van der Waals surface area contributed by atoms with Gasteiger partial charge in [-0.25, -0.2) is 0 Å². The first kappa shape index (κ1) is 15.8. The molecule has 0 aliphatic carbocycles. The molecule has 1 amide bonds. The van der Waals surface area contributed by atoms with E-state index >= 15 is 0 Å².